The van der Waals surface area contributed by atoms with Crippen LogP contribution < -0.4 is 10.1 Å². The average molecular weight is 377 g/mol. The number of ether oxygens (including phenoxy) is 1. The Balaban J connectivity index is 1.52. The molecule has 0 spiro atoms. The number of amides is 1. The summed E-state index contributed by atoms with van der Waals surface area (Å²) in [5.74, 6) is -0.187. The molecule has 0 fully saturated rings. The smallest absolute Gasteiger partial charge is 0.258 e. The van der Waals surface area contributed by atoms with Gasteiger partial charge in [-0.1, -0.05) is 42.5 Å². The van der Waals surface area contributed by atoms with Crippen LogP contribution in [-0.2, 0) is 4.79 Å². The number of carbonyl (C=O) groups excluding carboxylic acids is 2. The summed E-state index contributed by atoms with van der Waals surface area (Å²) in [6.45, 7) is 1.66. The van der Waals surface area contributed by atoms with Gasteiger partial charge in [0.05, 0.1) is 6.04 Å². The van der Waals surface area contributed by atoms with Gasteiger partial charge in [0, 0.05) is 11.1 Å². The van der Waals surface area contributed by atoms with Gasteiger partial charge >= 0.3 is 0 Å². The molecule has 5 heteroatoms. The van der Waals surface area contributed by atoms with E-state index in [2.05, 4.69) is 5.32 Å². The average Bonchev–Trinajstić information content (AvgIpc) is 2.73. The topological polar surface area (TPSA) is 55.4 Å². The number of rotatable bonds is 7. The number of hydrogen-bond acceptors (Lipinski definition) is 3. The van der Waals surface area contributed by atoms with Crippen molar-refractivity contribution >= 4 is 11.7 Å². The Labute approximate surface area is 163 Å². The van der Waals surface area contributed by atoms with E-state index in [4.69, 9.17) is 4.74 Å². The molecule has 0 saturated heterocycles. The predicted octanol–water partition coefficient (Wildman–Crippen LogP) is 4.31. The molecule has 0 bridgehead atoms. The third-order valence-corrected chi connectivity index (χ3v) is 4.27. The van der Waals surface area contributed by atoms with Crippen molar-refractivity contribution in [2.45, 2.75) is 13.0 Å². The minimum Gasteiger partial charge on any atom is -0.484 e. The molecule has 0 radical (unpaired) electrons. The van der Waals surface area contributed by atoms with Crippen molar-refractivity contribution in [3.05, 3.63) is 101 Å². The Morgan fingerprint density at radius 1 is 0.893 bits per heavy atom. The van der Waals surface area contributed by atoms with Gasteiger partial charge in [0.25, 0.3) is 5.91 Å². The number of ketones is 1. The molecule has 0 aliphatic carbocycles. The summed E-state index contributed by atoms with van der Waals surface area (Å²) >= 11 is 0. The zero-order valence-corrected chi connectivity index (χ0v) is 15.4. The van der Waals surface area contributed by atoms with Gasteiger partial charge in [-0.25, -0.2) is 4.39 Å². The molecule has 0 unspecified atom stereocenters. The third-order valence-electron chi connectivity index (χ3n) is 4.27. The van der Waals surface area contributed by atoms with Gasteiger partial charge in [-0.15, -0.1) is 0 Å². The van der Waals surface area contributed by atoms with Crippen molar-refractivity contribution in [1.29, 1.82) is 0 Å². The molecule has 28 heavy (non-hydrogen) atoms. The van der Waals surface area contributed by atoms with Crippen LogP contribution >= 0.6 is 0 Å². The fourth-order valence-corrected chi connectivity index (χ4v) is 2.73. The molecular weight excluding hydrogens is 357 g/mol. The fraction of sp³-hybridized carbons (Fsp3) is 0.130. The van der Waals surface area contributed by atoms with Gasteiger partial charge in [0.1, 0.15) is 11.6 Å². The maximum absolute atomic E-state index is 13.0. The molecule has 142 valence electrons. The van der Waals surface area contributed by atoms with Gasteiger partial charge in [-0.2, -0.15) is 0 Å². The second kappa shape index (κ2) is 8.95. The van der Waals surface area contributed by atoms with Crippen LogP contribution in [0.1, 0.15) is 34.5 Å². The molecule has 0 aliphatic heterocycles. The first-order chi connectivity index (χ1) is 13.5. The Bertz CT molecular complexity index is 938. The van der Waals surface area contributed by atoms with Crippen molar-refractivity contribution in [3.63, 3.8) is 0 Å². The summed E-state index contributed by atoms with van der Waals surface area (Å²) in [5.41, 5.74) is 1.97. The van der Waals surface area contributed by atoms with E-state index in [1.165, 1.54) is 12.1 Å². The SMILES string of the molecule is C[C@H](NC(=O)COc1ccc(C(=O)c2ccccc2)cc1)c1ccc(F)cc1. The number of carbonyl (C=O) groups is 2. The van der Waals surface area contributed by atoms with E-state index in [0.29, 0.717) is 16.9 Å². The second-order valence-electron chi connectivity index (χ2n) is 6.35. The molecule has 0 heterocycles. The van der Waals surface area contributed by atoms with Gasteiger partial charge in [0.2, 0.25) is 0 Å². The summed E-state index contributed by atoms with van der Waals surface area (Å²) in [7, 11) is 0. The van der Waals surface area contributed by atoms with Crippen molar-refractivity contribution in [1.82, 2.24) is 5.32 Å². The van der Waals surface area contributed by atoms with Crippen LogP contribution in [0.4, 0.5) is 4.39 Å². The van der Waals surface area contributed by atoms with E-state index in [0.717, 1.165) is 5.56 Å². The molecule has 1 amide bonds. The highest BCUT2D eigenvalue weighted by molar-refractivity contribution is 6.08. The van der Waals surface area contributed by atoms with Crippen LogP contribution in [0, 0.1) is 5.82 Å². The van der Waals surface area contributed by atoms with E-state index >= 15 is 0 Å². The molecule has 0 aromatic heterocycles. The molecule has 4 nitrogen and oxygen atoms in total. The monoisotopic (exact) mass is 377 g/mol. The maximum atomic E-state index is 13.0. The van der Waals surface area contributed by atoms with E-state index in [9.17, 15) is 14.0 Å². The molecule has 3 rings (SSSR count). The minimum atomic E-state index is -0.320. The number of hydrogen-bond donors (Lipinski definition) is 1. The van der Waals surface area contributed by atoms with Crippen LogP contribution in [0.5, 0.6) is 5.75 Å². The standard InChI is InChI=1S/C23H20FNO3/c1-16(17-7-11-20(24)12-8-17)25-22(26)15-28-21-13-9-19(10-14-21)23(27)18-5-3-2-4-6-18/h2-14,16H,15H2,1H3,(H,25,26)/t16-/m0/s1. The largest absolute Gasteiger partial charge is 0.484 e. The van der Waals surface area contributed by atoms with Gasteiger partial charge < -0.3 is 10.1 Å². The predicted molar refractivity (Wildman–Crippen MR) is 105 cm³/mol. The Morgan fingerprint density at radius 3 is 2.14 bits per heavy atom. The van der Waals surface area contributed by atoms with Crippen LogP contribution in [0.25, 0.3) is 0 Å². The summed E-state index contributed by atoms with van der Waals surface area (Å²) in [4.78, 5) is 24.4. The maximum Gasteiger partial charge on any atom is 0.258 e. The minimum absolute atomic E-state index is 0.0713. The summed E-state index contributed by atoms with van der Waals surface area (Å²) < 4.78 is 18.4. The summed E-state index contributed by atoms with van der Waals surface area (Å²) in [5, 5.41) is 2.80. The van der Waals surface area contributed by atoms with Crippen molar-refractivity contribution in [2.75, 3.05) is 6.61 Å². The van der Waals surface area contributed by atoms with E-state index in [1.54, 1.807) is 48.5 Å². The van der Waals surface area contributed by atoms with E-state index in [1.807, 2.05) is 25.1 Å². The second-order valence-corrected chi connectivity index (χ2v) is 6.35. The highest BCUT2D eigenvalue weighted by Crippen LogP contribution is 2.16. The van der Waals surface area contributed by atoms with Crippen molar-refractivity contribution < 1.29 is 18.7 Å². The number of nitrogens with one attached hydrogen (secondary N) is 1. The lowest BCUT2D eigenvalue weighted by molar-refractivity contribution is -0.123. The van der Waals surface area contributed by atoms with Crippen LogP contribution in [-0.4, -0.2) is 18.3 Å². The lowest BCUT2D eigenvalue weighted by Crippen LogP contribution is -2.31. The highest BCUT2D eigenvalue weighted by atomic mass is 19.1. The Hall–Kier alpha value is -3.47. The molecular formula is C23H20FNO3. The molecule has 1 atom stereocenters. The van der Waals surface area contributed by atoms with Gasteiger partial charge in [-0.3, -0.25) is 9.59 Å². The summed E-state index contributed by atoms with van der Waals surface area (Å²) in [6, 6.07) is 21.4. The normalized spacial score (nSPS) is 11.5. The van der Waals surface area contributed by atoms with Crippen LogP contribution in [0.15, 0.2) is 78.9 Å². The third kappa shape index (κ3) is 5.04. The molecule has 0 aliphatic rings. The highest BCUT2D eigenvalue weighted by Gasteiger charge is 2.11. The van der Waals surface area contributed by atoms with Crippen molar-refractivity contribution in [3.8, 4) is 5.75 Å². The Kier molecular flexibility index (Phi) is 6.17. The number of benzene rings is 3. The molecule has 1 N–H and O–H groups in total. The lowest BCUT2D eigenvalue weighted by atomic mass is 10.0. The Morgan fingerprint density at radius 2 is 1.50 bits per heavy atom. The van der Waals surface area contributed by atoms with Gasteiger partial charge in [-0.05, 0) is 48.9 Å². The molecule has 3 aromatic carbocycles. The van der Waals surface area contributed by atoms with Crippen LogP contribution in [0.3, 0.4) is 0 Å². The quantitative estimate of drug-likeness (QED) is 0.624. The fourth-order valence-electron chi connectivity index (χ4n) is 2.73. The zero-order valence-electron chi connectivity index (χ0n) is 15.4. The number of halogens is 1. The van der Waals surface area contributed by atoms with Gasteiger partial charge in [0.15, 0.2) is 12.4 Å². The van der Waals surface area contributed by atoms with E-state index in [-0.39, 0.29) is 30.2 Å². The first kappa shape index (κ1) is 19.3. The van der Waals surface area contributed by atoms with Crippen molar-refractivity contribution in [2.24, 2.45) is 0 Å². The first-order valence-electron chi connectivity index (χ1n) is 8.90. The molecule has 3 aromatic rings. The summed E-state index contributed by atoms with van der Waals surface area (Å²) in [6.07, 6.45) is 0. The van der Waals surface area contributed by atoms with Crippen LogP contribution in [0.2, 0.25) is 0 Å². The first-order valence-corrected chi connectivity index (χ1v) is 8.90. The zero-order chi connectivity index (χ0) is 19.9. The van der Waals surface area contributed by atoms with E-state index < -0.39 is 0 Å². The molecule has 0 saturated carbocycles. The lowest BCUT2D eigenvalue weighted by Gasteiger charge is -2.15.